The van der Waals surface area contributed by atoms with Crippen LogP contribution in [0, 0.1) is 22.7 Å². The first-order valence-electron chi connectivity index (χ1n) is 9.91. The lowest BCUT2D eigenvalue weighted by Gasteiger charge is -2.06. The van der Waals surface area contributed by atoms with Crippen LogP contribution in [-0.4, -0.2) is 16.3 Å². The second-order valence-electron chi connectivity index (χ2n) is 6.94. The number of benzene rings is 3. The lowest BCUT2D eigenvalue weighted by Crippen LogP contribution is -2.17. The van der Waals surface area contributed by atoms with Gasteiger partial charge >= 0.3 is 0 Å². The molecule has 0 aliphatic carbocycles. The molecule has 0 saturated carbocycles. The Balaban J connectivity index is 1.73. The van der Waals surface area contributed by atoms with E-state index in [2.05, 4.69) is 25.8 Å². The highest BCUT2D eigenvalue weighted by atomic mass is 32.2. The van der Waals surface area contributed by atoms with E-state index in [9.17, 15) is 14.7 Å². The van der Waals surface area contributed by atoms with E-state index < -0.39 is 11.1 Å². The molecule has 2 N–H and O–H groups in total. The highest BCUT2D eigenvalue weighted by molar-refractivity contribution is 8.18. The predicted octanol–water partition coefficient (Wildman–Crippen LogP) is 6.29. The molecular formula is C24H13N7O3S. The highest BCUT2D eigenvalue weighted by Crippen LogP contribution is 2.42. The minimum atomic E-state index is -0.556. The molecule has 0 atom stereocenters. The number of hydrogen-bond donors (Lipinski definition) is 2. The molecule has 10 nitrogen and oxygen atoms in total. The third-order valence-corrected chi connectivity index (χ3v) is 5.43. The maximum Gasteiger partial charge on any atom is 0.290 e. The van der Waals surface area contributed by atoms with Gasteiger partial charge in [-0.15, -0.1) is 10.2 Å². The van der Waals surface area contributed by atoms with Crippen molar-refractivity contribution < 1.29 is 14.7 Å². The van der Waals surface area contributed by atoms with Gasteiger partial charge in [0.15, 0.2) is 5.75 Å². The second-order valence-corrected chi connectivity index (χ2v) is 7.96. The zero-order valence-corrected chi connectivity index (χ0v) is 18.5. The summed E-state index contributed by atoms with van der Waals surface area (Å²) in [5.74, 6) is -0.900. The fourth-order valence-corrected chi connectivity index (χ4v) is 3.55. The smallest absolute Gasteiger partial charge is 0.290 e. The number of carbonyl (C=O) groups is 2. The summed E-state index contributed by atoms with van der Waals surface area (Å²) < 4.78 is 0. The Hall–Kier alpha value is -5.13. The van der Waals surface area contributed by atoms with Crippen LogP contribution in [0.5, 0.6) is 5.75 Å². The van der Waals surface area contributed by atoms with Crippen molar-refractivity contribution in [1.29, 1.82) is 10.5 Å². The van der Waals surface area contributed by atoms with Gasteiger partial charge in [0.05, 0.1) is 39.5 Å². The second kappa shape index (κ2) is 10.2. The molecule has 1 heterocycles. The van der Waals surface area contributed by atoms with Crippen LogP contribution in [0.4, 0.5) is 27.5 Å². The Kier molecular flexibility index (Phi) is 6.72. The zero-order valence-electron chi connectivity index (χ0n) is 17.7. The van der Waals surface area contributed by atoms with Gasteiger partial charge < -0.3 is 5.11 Å². The number of azo groups is 2. The number of phenols is 1. The van der Waals surface area contributed by atoms with E-state index in [1.165, 1.54) is 12.1 Å². The number of thioether (sulfide) groups is 1. The van der Waals surface area contributed by atoms with Crippen LogP contribution < -0.4 is 5.32 Å². The number of imide groups is 1. The Labute approximate surface area is 203 Å². The summed E-state index contributed by atoms with van der Waals surface area (Å²) in [6.45, 7) is 0. The number of phenolic OH excluding ortho intramolecular Hbond substituents is 1. The minimum Gasteiger partial charge on any atom is -0.504 e. The molecule has 1 aliphatic heterocycles. The summed E-state index contributed by atoms with van der Waals surface area (Å²) in [6, 6.07) is 19.8. The summed E-state index contributed by atoms with van der Waals surface area (Å²) in [4.78, 5) is 23.6. The maximum atomic E-state index is 12.0. The lowest BCUT2D eigenvalue weighted by molar-refractivity contribution is -0.115. The molecule has 1 aliphatic rings. The standard InChI is InChI=1S/C24H13N7O3S/c25-12-14-1-6-17(7-2-14)28-30-19-10-5-16(11-20-23(33)27-24(34)35-20)21(22(19)32)31-29-18-8-3-15(13-26)4-9-18/h1-11,32H,(H,27,33,34)/b20-11-,30-28?,31-29?. The summed E-state index contributed by atoms with van der Waals surface area (Å²) >= 11 is 0.728. The van der Waals surface area contributed by atoms with Gasteiger partial charge in [-0.25, -0.2) is 0 Å². The van der Waals surface area contributed by atoms with Crippen LogP contribution in [0.3, 0.4) is 0 Å². The fourth-order valence-electron chi connectivity index (χ4n) is 2.87. The van der Waals surface area contributed by atoms with E-state index >= 15 is 0 Å². The Morgan fingerprint density at radius 3 is 1.89 bits per heavy atom. The van der Waals surface area contributed by atoms with Crippen molar-refractivity contribution in [2.24, 2.45) is 20.5 Å². The Bertz CT molecular complexity index is 1500. The van der Waals surface area contributed by atoms with Gasteiger partial charge in [0.2, 0.25) is 0 Å². The van der Waals surface area contributed by atoms with Gasteiger partial charge in [-0.1, -0.05) is 6.07 Å². The molecule has 0 spiro atoms. The van der Waals surface area contributed by atoms with E-state index in [0.29, 0.717) is 28.1 Å². The van der Waals surface area contributed by atoms with Crippen molar-refractivity contribution in [1.82, 2.24) is 5.32 Å². The van der Waals surface area contributed by atoms with Crippen molar-refractivity contribution in [2.45, 2.75) is 0 Å². The monoisotopic (exact) mass is 479 g/mol. The molecule has 11 heteroatoms. The van der Waals surface area contributed by atoms with Crippen molar-refractivity contribution in [3.8, 4) is 17.9 Å². The van der Waals surface area contributed by atoms with Gasteiger partial charge in [-0.2, -0.15) is 20.8 Å². The first-order valence-corrected chi connectivity index (χ1v) is 10.7. The lowest BCUT2D eigenvalue weighted by atomic mass is 10.1. The van der Waals surface area contributed by atoms with Crippen molar-refractivity contribution in [3.63, 3.8) is 0 Å². The molecule has 0 unspecified atom stereocenters. The first-order chi connectivity index (χ1) is 17.0. The molecular weight excluding hydrogens is 466 g/mol. The average molecular weight is 479 g/mol. The van der Waals surface area contributed by atoms with Crippen LogP contribution in [0.15, 0.2) is 86.0 Å². The number of hydrogen-bond acceptors (Lipinski definition) is 10. The molecule has 0 bridgehead atoms. The summed E-state index contributed by atoms with van der Waals surface area (Å²) in [5.41, 5.74) is 2.24. The summed E-state index contributed by atoms with van der Waals surface area (Å²) in [5, 5.41) is 46.8. The molecule has 1 fully saturated rings. The molecule has 3 aromatic carbocycles. The van der Waals surface area contributed by atoms with Gasteiger partial charge in [-0.3, -0.25) is 14.9 Å². The van der Waals surface area contributed by atoms with E-state index in [0.717, 1.165) is 11.8 Å². The molecule has 2 amide bonds. The van der Waals surface area contributed by atoms with Crippen LogP contribution in [0.1, 0.15) is 16.7 Å². The van der Waals surface area contributed by atoms with E-state index in [4.69, 9.17) is 10.5 Å². The topological polar surface area (TPSA) is 163 Å². The van der Waals surface area contributed by atoms with Crippen LogP contribution in [0.25, 0.3) is 6.08 Å². The predicted molar refractivity (Wildman–Crippen MR) is 128 cm³/mol. The van der Waals surface area contributed by atoms with Gasteiger partial charge in [0.1, 0.15) is 11.4 Å². The van der Waals surface area contributed by atoms with Crippen LogP contribution >= 0.6 is 11.8 Å². The molecule has 3 aromatic rings. The fraction of sp³-hybridized carbons (Fsp3) is 0. The molecule has 4 rings (SSSR count). The zero-order chi connectivity index (χ0) is 24.8. The van der Waals surface area contributed by atoms with Gasteiger partial charge in [0.25, 0.3) is 11.1 Å². The molecule has 1 saturated heterocycles. The number of aromatic hydroxyl groups is 1. The summed E-state index contributed by atoms with van der Waals surface area (Å²) in [7, 11) is 0. The third kappa shape index (κ3) is 5.45. The normalized spacial score (nSPS) is 14.4. The summed E-state index contributed by atoms with van der Waals surface area (Å²) in [6.07, 6.45) is 1.42. The molecule has 168 valence electrons. The average Bonchev–Trinajstić information content (AvgIpc) is 3.20. The third-order valence-electron chi connectivity index (χ3n) is 4.62. The van der Waals surface area contributed by atoms with Crippen molar-refractivity contribution in [3.05, 3.63) is 82.3 Å². The first kappa shape index (κ1) is 23.0. The van der Waals surface area contributed by atoms with E-state index in [1.54, 1.807) is 54.6 Å². The minimum absolute atomic E-state index is 0.00545. The van der Waals surface area contributed by atoms with Crippen LogP contribution in [-0.2, 0) is 4.79 Å². The van der Waals surface area contributed by atoms with Crippen LogP contribution in [0.2, 0.25) is 0 Å². The van der Waals surface area contributed by atoms with Crippen molar-refractivity contribution in [2.75, 3.05) is 0 Å². The maximum absolute atomic E-state index is 12.0. The number of rotatable bonds is 5. The van der Waals surface area contributed by atoms with Gasteiger partial charge in [-0.05, 0) is 72.4 Å². The number of nitriles is 2. The van der Waals surface area contributed by atoms with Crippen molar-refractivity contribution >= 4 is 51.7 Å². The van der Waals surface area contributed by atoms with E-state index in [1.807, 2.05) is 12.1 Å². The number of nitrogens with one attached hydrogen (secondary N) is 1. The quantitative estimate of drug-likeness (QED) is 0.322. The number of amides is 2. The highest BCUT2D eigenvalue weighted by Gasteiger charge is 2.26. The van der Waals surface area contributed by atoms with E-state index in [-0.39, 0.29) is 22.0 Å². The Morgan fingerprint density at radius 1 is 0.800 bits per heavy atom. The van der Waals surface area contributed by atoms with Gasteiger partial charge in [0, 0.05) is 5.56 Å². The molecule has 0 radical (unpaired) electrons. The SMILES string of the molecule is N#Cc1ccc(N=Nc2ccc(/C=C3\SC(=O)NC3=O)c(N=Nc3ccc(C#N)cc3)c2O)cc1. The largest absolute Gasteiger partial charge is 0.504 e. The molecule has 35 heavy (non-hydrogen) atoms. The Morgan fingerprint density at radius 2 is 1.37 bits per heavy atom. The molecule has 0 aromatic heterocycles. The number of nitrogens with zero attached hydrogens (tertiary/aromatic N) is 6. The number of carbonyl (C=O) groups excluding carboxylic acids is 2.